The van der Waals surface area contributed by atoms with E-state index in [1.165, 1.54) is 0 Å². The van der Waals surface area contributed by atoms with E-state index in [1.807, 2.05) is 0 Å². The first-order valence-corrected chi connectivity index (χ1v) is 6.90. The lowest BCUT2D eigenvalue weighted by Gasteiger charge is -2.14. The molecule has 1 amide bonds. The largest absolute Gasteiger partial charge is 0.375 e. The molecule has 102 valence electrons. The first kappa shape index (κ1) is 16.8. The number of nitrogens with one attached hydrogen (secondary N) is 1. The summed E-state index contributed by atoms with van der Waals surface area (Å²) in [6, 6.07) is 0. The van der Waals surface area contributed by atoms with Gasteiger partial charge in [0.25, 0.3) is 6.43 Å². The third kappa shape index (κ3) is 10.6. The monoisotopic (exact) mass is 315 g/mol. The van der Waals surface area contributed by atoms with Gasteiger partial charge in [-0.15, -0.1) is 0 Å². The molecular formula is C11H20BrF2NO2. The van der Waals surface area contributed by atoms with Gasteiger partial charge >= 0.3 is 0 Å². The average Bonchev–Trinajstić information content (AvgIpc) is 2.29. The molecule has 0 fully saturated rings. The highest BCUT2D eigenvalue weighted by Gasteiger charge is 2.08. The SMILES string of the molecule is CCC(CCBr)CNC(=O)CCOCC(F)F. The van der Waals surface area contributed by atoms with Crippen LogP contribution in [0.1, 0.15) is 26.2 Å². The number of carbonyl (C=O) groups is 1. The number of hydrogen-bond acceptors (Lipinski definition) is 2. The van der Waals surface area contributed by atoms with Crippen molar-refractivity contribution in [1.82, 2.24) is 5.32 Å². The maximum absolute atomic E-state index is 11.7. The Labute approximate surface area is 109 Å². The molecule has 1 N–H and O–H groups in total. The predicted molar refractivity (Wildman–Crippen MR) is 66.6 cm³/mol. The fourth-order valence-corrected chi connectivity index (χ4v) is 1.94. The molecule has 0 aliphatic rings. The Morgan fingerprint density at radius 1 is 1.47 bits per heavy atom. The Bertz CT molecular complexity index is 206. The van der Waals surface area contributed by atoms with Crippen LogP contribution in [0.4, 0.5) is 8.78 Å². The molecule has 0 aromatic rings. The summed E-state index contributed by atoms with van der Waals surface area (Å²) in [7, 11) is 0. The molecule has 3 nitrogen and oxygen atoms in total. The van der Waals surface area contributed by atoms with Crippen LogP contribution in [0.3, 0.4) is 0 Å². The topological polar surface area (TPSA) is 38.3 Å². The summed E-state index contributed by atoms with van der Waals surface area (Å²) in [4.78, 5) is 11.3. The minimum atomic E-state index is -2.47. The van der Waals surface area contributed by atoms with Crippen LogP contribution in [0.25, 0.3) is 0 Å². The third-order valence-electron chi connectivity index (χ3n) is 2.40. The molecule has 0 aromatic heterocycles. The molecule has 17 heavy (non-hydrogen) atoms. The van der Waals surface area contributed by atoms with Crippen LogP contribution < -0.4 is 5.32 Å². The van der Waals surface area contributed by atoms with Crippen molar-refractivity contribution in [2.75, 3.05) is 25.1 Å². The zero-order valence-corrected chi connectivity index (χ0v) is 11.6. The van der Waals surface area contributed by atoms with Crippen molar-refractivity contribution in [3.8, 4) is 0 Å². The van der Waals surface area contributed by atoms with Gasteiger partial charge < -0.3 is 10.1 Å². The molecule has 0 aliphatic carbocycles. The van der Waals surface area contributed by atoms with Crippen molar-refractivity contribution in [1.29, 1.82) is 0 Å². The van der Waals surface area contributed by atoms with Crippen molar-refractivity contribution in [3.63, 3.8) is 0 Å². The first-order chi connectivity index (χ1) is 8.10. The third-order valence-corrected chi connectivity index (χ3v) is 2.86. The van der Waals surface area contributed by atoms with Crippen molar-refractivity contribution >= 4 is 21.8 Å². The lowest BCUT2D eigenvalue weighted by Crippen LogP contribution is -2.30. The number of halogens is 3. The Kier molecular flexibility index (Phi) is 10.7. The van der Waals surface area contributed by atoms with E-state index in [4.69, 9.17) is 0 Å². The molecule has 0 heterocycles. The molecular weight excluding hydrogens is 296 g/mol. The molecule has 0 spiro atoms. The second kappa shape index (κ2) is 10.9. The van der Waals surface area contributed by atoms with Gasteiger partial charge in [-0.3, -0.25) is 4.79 Å². The lowest BCUT2D eigenvalue weighted by atomic mass is 10.0. The number of hydrogen-bond donors (Lipinski definition) is 1. The van der Waals surface area contributed by atoms with Gasteiger partial charge in [-0.2, -0.15) is 0 Å². The summed E-state index contributed by atoms with van der Waals surface area (Å²) < 4.78 is 28.1. The quantitative estimate of drug-likeness (QED) is 0.497. The summed E-state index contributed by atoms with van der Waals surface area (Å²) in [5.74, 6) is 0.313. The molecule has 6 heteroatoms. The highest BCUT2D eigenvalue weighted by atomic mass is 79.9. The van der Waals surface area contributed by atoms with Crippen LogP contribution in [0, 0.1) is 5.92 Å². The number of rotatable bonds is 10. The van der Waals surface area contributed by atoms with Crippen LogP contribution in [0.5, 0.6) is 0 Å². The van der Waals surface area contributed by atoms with E-state index in [0.717, 1.165) is 18.2 Å². The van der Waals surface area contributed by atoms with Crippen molar-refractivity contribution < 1.29 is 18.3 Å². The number of alkyl halides is 3. The minimum absolute atomic E-state index is 0.0470. The fourth-order valence-electron chi connectivity index (χ4n) is 1.29. The number of amides is 1. The highest BCUT2D eigenvalue weighted by Crippen LogP contribution is 2.08. The Hall–Kier alpha value is -0.230. The Morgan fingerprint density at radius 2 is 2.18 bits per heavy atom. The molecule has 0 rings (SSSR count). The van der Waals surface area contributed by atoms with E-state index in [1.54, 1.807) is 0 Å². The van der Waals surface area contributed by atoms with E-state index < -0.39 is 13.0 Å². The van der Waals surface area contributed by atoms with Gasteiger partial charge in [0.2, 0.25) is 5.91 Å². The zero-order valence-electron chi connectivity index (χ0n) is 10.1. The van der Waals surface area contributed by atoms with Gasteiger partial charge in [0.05, 0.1) is 6.61 Å². The fraction of sp³-hybridized carbons (Fsp3) is 0.909. The average molecular weight is 316 g/mol. The van der Waals surface area contributed by atoms with E-state index in [9.17, 15) is 13.6 Å². The number of carbonyl (C=O) groups excluding carboxylic acids is 1. The van der Waals surface area contributed by atoms with Gasteiger partial charge in [0, 0.05) is 18.3 Å². The maximum Gasteiger partial charge on any atom is 0.261 e. The molecule has 1 atom stereocenters. The number of ether oxygens (including phenoxy) is 1. The van der Waals surface area contributed by atoms with Gasteiger partial charge in [0.15, 0.2) is 0 Å². The van der Waals surface area contributed by atoms with Crippen molar-refractivity contribution in [3.05, 3.63) is 0 Å². The highest BCUT2D eigenvalue weighted by molar-refractivity contribution is 9.09. The molecule has 0 bridgehead atoms. The normalized spacial score (nSPS) is 12.8. The minimum Gasteiger partial charge on any atom is -0.375 e. The van der Waals surface area contributed by atoms with Crippen LogP contribution in [0.2, 0.25) is 0 Å². The van der Waals surface area contributed by atoms with E-state index >= 15 is 0 Å². The van der Waals surface area contributed by atoms with Crippen LogP contribution in [0.15, 0.2) is 0 Å². The predicted octanol–water partition coefficient (Wildman–Crippen LogP) is 2.59. The summed E-state index contributed by atoms with van der Waals surface area (Å²) in [5, 5.41) is 3.69. The first-order valence-electron chi connectivity index (χ1n) is 5.78. The molecule has 0 aromatic carbocycles. The van der Waals surface area contributed by atoms with Crippen LogP contribution in [-0.2, 0) is 9.53 Å². The second-order valence-corrected chi connectivity index (χ2v) is 4.57. The summed E-state index contributed by atoms with van der Waals surface area (Å²) in [6.07, 6.45) is -0.314. The van der Waals surface area contributed by atoms with Gasteiger partial charge in [0.1, 0.15) is 6.61 Å². The van der Waals surface area contributed by atoms with E-state index in [2.05, 4.69) is 32.9 Å². The molecule has 0 radical (unpaired) electrons. The van der Waals surface area contributed by atoms with Gasteiger partial charge in [-0.25, -0.2) is 8.78 Å². The van der Waals surface area contributed by atoms with Gasteiger partial charge in [-0.1, -0.05) is 29.3 Å². The van der Waals surface area contributed by atoms with Crippen LogP contribution in [-0.4, -0.2) is 37.4 Å². The summed E-state index contributed by atoms with van der Waals surface area (Å²) >= 11 is 3.36. The van der Waals surface area contributed by atoms with E-state index in [0.29, 0.717) is 12.5 Å². The molecule has 0 saturated carbocycles. The van der Waals surface area contributed by atoms with E-state index in [-0.39, 0.29) is 18.9 Å². The molecule has 1 unspecified atom stereocenters. The van der Waals surface area contributed by atoms with Crippen molar-refractivity contribution in [2.45, 2.75) is 32.6 Å². The zero-order chi connectivity index (χ0) is 13.1. The Balaban J connectivity index is 3.51. The molecule has 0 saturated heterocycles. The second-order valence-electron chi connectivity index (χ2n) is 3.77. The standard InChI is InChI=1S/C11H20BrF2NO2/c1-2-9(3-5-12)7-15-11(16)4-6-17-8-10(13)14/h9-10H,2-8H2,1H3,(H,15,16). The van der Waals surface area contributed by atoms with Gasteiger partial charge in [-0.05, 0) is 12.3 Å². The summed E-state index contributed by atoms with van der Waals surface area (Å²) in [6.45, 7) is 2.15. The maximum atomic E-state index is 11.7. The molecule has 0 aliphatic heterocycles. The van der Waals surface area contributed by atoms with Crippen molar-refractivity contribution in [2.24, 2.45) is 5.92 Å². The van der Waals surface area contributed by atoms with Crippen LogP contribution >= 0.6 is 15.9 Å². The smallest absolute Gasteiger partial charge is 0.261 e. The lowest BCUT2D eigenvalue weighted by molar-refractivity contribution is -0.122. The Morgan fingerprint density at radius 3 is 2.71 bits per heavy atom. The summed E-state index contributed by atoms with van der Waals surface area (Å²) in [5.41, 5.74) is 0.